The molecule has 3 rings (SSSR count). The summed E-state index contributed by atoms with van der Waals surface area (Å²) in [6.07, 6.45) is 0. The van der Waals surface area contributed by atoms with Crippen molar-refractivity contribution in [3.05, 3.63) is 46.8 Å². The first-order chi connectivity index (χ1) is 11.6. The third-order valence-corrected chi connectivity index (χ3v) is 3.70. The number of methoxy groups -OCH3 is 3. The Balaban J connectivity index is 2.33. The molecule has 6 heteroatoms. The number of benzene rings is 2. The summed E-state index contributed by atoms with van der Waals surface area (Å²) in [5.41, 5.74) is 1.12. The second kappa shape index (κ2) is 6.16. The fourth-order valence-corrected chi connectivity index (χ4v) is 2.63. The summed E-state index contributed by atoms with van der Waals surface area (Å²) in [7, 11) is 4.57. The largest absolute Gasteiger partial charge is 0.508 e. The number of rotatable bonds is 4. The van der Waals surface area contributed by atoms with E-state index in [1.165, 1.54) is 39.5 Å². The van der Waals surface area contributed by atoms with E-state index in [0.29, 0.717) is 39.3 Å². The number of hydrogen-bond acceptors (Lipinski definition) is 6. The van der Waals surface area contributed by atoms with Crippen LogP contribution in [0.2, 0.25) is 0 Å². The van der Waals surface area contributed by atoms with E-state index in [0.717, 1.165) is 0 Å². The number of phenolic OH excluding ortho intramolecular Hbond substituents is 1. The molecule has 0 spiro atoms. The fourth-order valence-electron chi connectivity index (χ4n) is 2.63. The topological polar surface area (TPSA) is 78.1 Å². The average molecular weight is 328 g/mol. The van der Waals surface area contributed by atoms with Crippen LogP contribution in [0, 0.1) is 0 Å². The maximum atomic E-state index is 11.9. The first-order valence-electron chi connectivity index (χ1n) is 7.14. The van der Waals surface area contributed by atoms with E-state index < -0.39 is 5.63 Å². The third kappa shape index (κ3) is 2.62. The number of phenols is 1. The van der Waals surface area contributed by atoms with Crippen molar-refractivity contribution in [1.29, 1.82) is 0 Å². The van der Waals surface area contributed by atoms with E-state index in [1.807, 2.05) is 0 Å². The minimum atomic E-state index is -0.517. The zero-order valence-corrected chi connectivity index (χ0v) is 13.5. The van der Waals surface area contributed by atoms with Crippen LogP contribution in [-0.4, -0.2) is 26.4 Å². The van der Waals surface area contributed by atoms with Gasteiger partial charge in [-0.2, -0.15) is 0 Å². The van der Waals surface area contributed by atoms with Crippen molar-refractivity contribution >= 4 is 11.0 Å². The number of fused-ring (bicyclic) bond motifs is 1. The molecule has 0 aliphatic rings. The Bertz CT molecular complexity index is 932. The molecule has 2 aromatic carbocycles. The first-order valence-corrected chi connectivity index (χ1v) is 7.14. The quantitative estimate of drug-likeness (QED) is 0.741. The van der Waals surface area contributed by atoms with Gasteiger partial charge in [-0.15, -0.1) is 0 Å². The molecule has 0 amide bonds. The Hall–Kier alpha value is -3.15. The molecular weight excluding hydrogens is 312 g/mol. The maximum Gasteiger partial charge on any atom is 0.336 e. The second-order valence-corrected chi connectivity index (χ2v) is 5.07. The average Bonchev–Trinajstić information content (AvgIpc) is 2.59. The van der Waals surface area contributed by atoms with Crippen LogP contribution in [0.4, 0.5) is 0 Å². The van der Waals surface area contributed by atoms with E-state index in [4.69, 9.17) is 18.6 Å². The van der Waals surface area contributed by atoms with Crippen molar-refractivity contribution in [3.63, 3.8) is 0 Å². The highest BCUT2D eigenvalue weighted by Gasteiger charge is 2.16. The predicted octanol–water partition coefficient (Wildman–Crippen LogP) is 3.19. The van der Waals surface area contributed by atoms with E-state index in [-0.39, 0.29) is 5.75 Å². The molecular formula is C18H16O6. The van der Waals surface area contributed by atoms with Crippen LogP contribution in [0.1, 0.15) is 0 Å². The van der Waals surface area contributed by atoms with Gasteiger partial charge in [-0.1, -0.05) is 0 Å². The lowest BCUT2D eigenvalue weighted by molar-refractivity contribution is 0.324. The summed E-state index contributed by atoms with van der Waals surface area (Å²) >= 11 is 0. The van der Waals surface area contributed by atoms with Gasteiger partial charge in [0.25, 0.3) is 0 Å². The van der Waals surface area contributed by atoms with Crippen molar-refractivity contribution in [2.24, 2.45) is 0 Å². The first kappa shape index (κ1) is 15.7. The lowest BCUT2D eigenvalue weighted by atomic mass is 10.0. The molecule has 0 unspecified atom stereocenters. The predicted molar refractivity (Wildman–Crippen MR) is 89.2 cm³/mol. The molecule has 0 saturated carbocycles. The Labute approximate surface area is 137 Å². The number of hydrogen-bond donors (Lipinski definition) is 1. The minimum Gasteiger partial charge on any atom is -0.508 e. The van der Waals surface area contributed by atoms with E-state index >= 15 is 0 Å². The minimum absolute atomic E-state index is 0.0210. The van der Waals surface area contributed by atoms with Crippen molar-refractivity contribution in [2.45, 2.75) is 0 Å². The molecule has 0 radical (unpaired) electrons. The summed E-state index contributed by atoms with van der Waals surface area (Å²) in [4.78, 5) is 11.9. The molecule has 0 atom stereocenters. The van der Waals surface area contributed by atoms with Crippen LogP contribution in [0.25, 0.3) is 22.1 Å². The van der Waals surface area contributed by atoms with Crippen LogP contribution in [0.15, 0.2) is 45.6 Å². The van der Waals surface area contributed by atoms with E-state index in [1.54, 1.807) is 18.2 Å². The third-order valence-electron chi connectivity index (χ3n) is 3.70. The lowest BCUT2D eigenvalue weighted by Gasteiger charge is -2.15. The zero-order valence-electron chi connectivity index (χ0n) is 13.5. The smallest absolute Gasteiger partial charge is 0.336 e. The Morgan fingerprint density at radius 1 is 0.917 bits per heavy atom. The van der Waals surface area contributed by atoms with Gasteiger partial charge in [-0.25, -0.2) is 4.79 Å². The zero-order chi connectivity index (χ0) is 17.3. The number of ether oxygens (including phenoxy) is 3. The SMILES string of the molecule is COc1cc(-c2cc(=O)oc3cc(O)ccc23)cc(OC)c1OC. The Kier molecular flexibility index (Phi) is 4.04. The standard InChI is InChI=1S/C18H16O6/c1-21-15-6-10(7-16(22-2)18(15)23-3)13-9-17(20)24-14-8-11(19)4-5-12(13)14/h4-9,19H,1-3H3. The molecule has 1 N–H and O–H groups in total. The molecule has 0 aliphatic carbocycles. The molecule has 6 nitrogen and oxygen atoms in total. The monoisotopic (exact) mass is 328 g/mol. The van der Waals surface area contributed by atoms with Gasteiger partial charge in [0.1, 0.15) is 11.3 Å². The van der Waals surface area contributed by atoms with Gasteiger partial charge in [0.05, 0.1) is 21.3 Å². The van der Waals surface area contributed by atoms with Crippen LogP contribution >= 0.6 is 0 Å². The summed E-state index contributed by atoms with van der Waals surface area (Å²) in [5, 5.41) is 10.3. The van der Waals surface area contributed by atoms with Gasteiger partial charge < -0.3 is 23.7 Å². The van der Waals surface area contributed by atoms with Crippen LogP contribution in [0.5, 0.6) is 23.0 Å². The van der Waals surface area contributed by atoms with Crippen molar-refractivity contribution in [3.8, 4) is 34.1 Å². The fraction of sp³-hybridized carbons (Fsp3) is 0.167. The van der Waals surface area contributed by atoms with E-state index in [9.17, 15) is 9.90 Å². The summed E-state index contributed by atoms with van der Waals surface area (Å²) in [6, 6.07) is 9.51. The van der Waals surface area contributed by atoms with Crippen LogP contribution in [0.3, 0.4) is 0 Å². The summed E-state index contributed by atoms with van der Waals surface area (Å²) in [6.45, 7) is 0. The normalized spacial score (nSPS) is 10.6. The van der Waals surface area contributed by atoms with Crippen molar-refractivity contribution in [2.75, 3.05) is 21.3 Å². The van der Waals surface area contributed by atoms with Gasteiger partial charge in [-0.3, -0.25) is 0 Å². The van der Waals surface area contributed by atoms with Gasteiger partial charge in [0.15, 0.2) is 11.5 Å². The number of aromatic hydroxyl groups is 1. The molecule has 0 aliphatic heterocycles. The molecule has 0 saturated heterocycles. The van der Waals surface area contributed by atoms with Gasteiger partial charge in [0.2, 0.25) is 5.75 Å². The summed E-state index contributed by atoms with van der Waals surface area (Å²) in [5.74, 6) is 1.44. The molecule has 0 fully saturated rings. The van der Waals surface area contributed by atoms with E-state index in [2.05, 4.69) is 0 Å². The van der Waals surface area contributed by atoms with Gasteiger partial charge >= 0.3 is 5.63 Å². The lowest BCUT2D eigenvalue weighted by Crippen LogP contribution is -2.00. The van der Waals surface area contributed by atoms with Crippen LogP contribution in [-0.2, 0) is 0 Å². The molecule has 1 aromatic heterocycles. The highest BCUT2D eigenvalue weighted by atomic mass is 16.5. The molecule has 1 heterocycles. The van der Waals surface area contributed by atoms with Crippen molar-refractivity contribution in [1.82, 2.24) is 0 Å². The summed E-state index contributed by atoms with van der Waals surface area (Å²) < 4.78 is 21.2. The molecule has 124 valence electrons. The highest BCUT2D eigenvalue weighted by Crippen LogP contribution is 2.42. The Morgan fingerprint density at radius 2 is 1.58 bits per heavy atom. The molecule has 24 heavy (non-hydrogen) atoms. The Morgan fingerprint density at radius 3 is 2.17 bits per heavy atom. The molecule has 0 bridgehead atoms. The van der Waals surface area contributed by atoms with Crippen LogP contribution < -0.4 is 19.8 Å². The highest BCUT2D eigenvalue weighted by molar-refractivity contribution is 5.94. The van der Waals surface area contributed by atoms with Gasteiger partial charge in [-0.05, 0) is 29.8 Å². The van der Waals surface area contributed by atoms with Gasteiger partial charge in [0, 0.05) is 23.1 Å². The van der Waals surface area contributed by atoms with Crippen molar-refractivity contribution < 1.29 is 23.7 Å². The second-order valence-electron chi connectivity index (χ2n) is 5.07. The molecule has 3 aromatic rings. The maximum absolute atomic E-state index is 11.9.